The molecule has 2 aliphatic rings. The second-order valence-electron chi connectivity index (χ2n) is 14.8. The summed E-state index contributed by atoms with van der Waals surface area (Å²) < 4.78 is 0. The molecule has 8 nitrogen and oxygen atoms in total. The van der Waals surface area contributed by atoms with Gasteiger partial charge < -0.3 is 0 Å². The number of imide groups is 2. The Labute approximate surface area is 343 Å². The molecule has 4 amide bonds. The lowest BCUT2D eigenvalue weighted by Crippen LogP contribution is -2.29. The van der Waals surface area contributed by atoms with Crippen molar-refractivity contribution in [3.05, 3.63) is 205 Å². The minimum atomic E-state index is -0.370. The summed E-state index contributed by atoms with van der Waals surface area (Å²) in [5.41, 5.74) is 7.99. The molecule has 9 aromatic rings. The van der Waals surface area contributed by atoms with Crippen LogP contribution < -0.4 is 9.80 Å². The molecule has 282 valence electrons. The van der Waals surface area contributed by atoms with Gasteiger partial charge in [-0.05, 0) is 86.8 Å². The van der Waals surface area contributed by atoms with Crippen LogP contribution in [0.3, 0.4) is 0 Å². The third kappa shape index (κ3) is 5.39. The number of hydrogen-bond acceptors (Lipinski definition) is 6. The predicted octanol–water partition coefficient (Wildman–Crippen LogP) is 11.1. The molecule has 0 aliphatic carbocycles. The zero-order valence-electron chi connectivity index (χ0n) is 31.7. The van der Waals surface area contributed by atoms with E-state index in [4.69, 9.17) is 0 Å². The summed E-state index contributed by atoms with van der Waals surface area (Å²) in [4.78, 5) is 67.8. The highest BCUT2D eigenvalue weighted by atomic mass is 16.2. The molecule has 0 N–H and O–H groups in total. The SMILES string of the molecule is O=C1c2cc3ccccc3c(-c3ccccc3)c2C(=O)N1c1ccc(-c2cnc(-c3ccc(N4C(=O)c5cc6ccccc6c(-c6ccccc6)c5C4=O)cc3)nc2)cc1. The standard InChI is InChI=1S/C52H30N4O4/c57-49-42-27-35-15-7-9-17-40(35)44(32-11-3-1-4-12-32)46(42)51(59)55(49)38-23-19-31(20-24-38)37-29-53-48(54-30-37)34-21-25-39(26-22-34)56-50(58)43-28-36-16-8-10-18-41(36)45(47(43)52(56)60)33-13-5-2-6-14-33/h1-30H. The minimum absolute atomic E-state index is 0.362. The summed E-state index contributed by atoms with van der Waals surface area (Å²) >= 11 is 0. The molecule has 0 atom stereocenters. The van der Waals surface area contributed by atoms with E-state index in [1.807, 2.05) is 133 Å². The average Bonchev–Trinajstić information content (AvgIpc) is 3.70. The fourth-order valence-electron chi connectivity index (χ4n) is 8.59. The molecule has 0 radical (unpaired) electrons. The molecular formula is C52H30N4O4. The summed E-state index contributed by atoms with van der Waals surface area (Å²) in [6, 6.07) is 52.9. The molecule has 11 rings (SSSR count). The first-order chi connectivity index (χ1) is 29.4. The first-order valence-corrected chi connectivity index (χ1v) is 19.5. The molecule has 0 bridgehead atoms. The van der Waals surface area contributed by atoms with Gasteiger partial charge >= 0.3 is 0 Å². The van der Waals surface area contributed by atoms with Gasteiger partial charge in [0.2, 0.25) is 0 Å². The second-order valence-corrected chi connectivity index (χ2v) is 14.8. The monoisotopic (exact) mass is 774 g/mol. The van der Waals surface area contributed by atoms with E-state index in [9.17, 15) is 19.2 Å². The van der Waals surface area contributed by atoms with Gasteiger partial charge in [0.1, 0.15) is 0 Å². The Balaban J connectivity index is 0.846. The Morgan fingerprint density at radius 1 is 0.333 bits per heavy atom. The maximum absolute atomic E-state index is 14.1. The Kier molecular flexibility index (Phi) is 7.92. The lowest BCUT2D eigenvalue weighted by Gasteiger charge is -2.15. The van der Waals surface area contributed by atoms with E-state index in [0.717, 1.165) is 54.9 Å². The van der Waals surface area contributed by atoms with Crippen molar-refractivity contribution in [2.45, 2.75) is 0 Å². The van der Waals surface area contributed by atoms with Crippen molar-refractivity contribution in [2.24, 2.45) is 0 Å². The number of hydrogen-bond donors (Lipinski definition) is 0. The lowest BCUT2D eigenvalue weighted by molar-refractivity contribution is 0.0910. The van der Waals surface area contributed by atoms with E-state index >= 15 is 0 Å². The van der Waals surface area contributed by atoms with E-state index < -0.39 is 0 Å². The number of benzene rings is 8. The van der Waals surface area contributed by atoms with E-state index in [-0.39, 0.29) is 23.6 Å². The van der Waals surface area contributed by atoms with Crippen molar-refractivity contribution < 1.29 is 19.2 Å². The van der Waals surface area contributed by atoms with Gasteiger partial charge in [-0.15, -0.1) is 0 Å². The molecule has 0 spiro atoms. The van der Waals surface area contributed by atoms with Crippen LogP contribution >= 0.6 is 0 Å². The maximum Gasteiger partial charge on any atom is 0.266 e. The van der Waals surface area contributed by atoms with Gasteiger partial charge in [-0.1, -0.05) is 121 Å². The summed E-state index contributed by atoms with van der Waals surface area (Å²) in [7, 11) is 0. The number of carbonyl (C=O) groups is 4. The molecule has 3 heterocycles. The van der Waals surface area contributed by atoms with Crippen molar-refractivity contribution in [3.63, 3.8) is 0 Å². The number of carbonyl (C=O) groups excluding carboxylic acids is 4. The first-order valence-electron chi connectivity index (χ1n) is 19.5. The number of rotatable bonds is 6. The highest BCUT2D eigenvalue weighted by molar-refractivity contribution is 6.39. The fourth-order valence-corrected chi connectivity index (χ4v) is 8.59. The van der Waals surface area contributed by atoms with E-state index in [0.29, 0.717) is 45.0 Å². The second kappa shape index (κ2) is 13.6. The quantitative estimate of drug-likeness (QED) is 0.156. The van der Waals surface area contributed by atoms with Gasteiger partial charge in [-0.25, -0.2) is 19.8 Å². The van der Waals surface area contributed by atoms with Crippen LogP contribution in [0.4, 0.5) is 11.4 Å². The van der Waals surface area contributed by atoms with Crippen LogP contribution in [0, 0.1) is 0 Å². The molecule has 0 saturated carbocycles. The van der Waals surface area contributed by atoms with Crippen LogP contribution in [0.25, 0.3) is 66.3 Å². The summed E-state index contributed by atoms with van der Waals surface area (Å²) in [5, 5.41) is 3.60. The molecule has 60 heavy (non-hydrogen) atoms. The molecule has 8 heteroatoms. The van der Waals surface area contributed by atoms with Gasteiger partial charge in [0.15, 0.2) is 5.82 Å². The summed E-state index contributed by atoms with van der Waals surface area (Å²) in [5.74, 6) is -0.995. The molecule has 2 aliphatic heterocycles. The highest BCUT2D eigenvalue weighted by Crippen LogP contribution is 2.42. The predicted molar refractivity (Wildman–Crippen MR) is 234 cm³/mol. The smallest absolute Gasteiger partial charge is 0.266 e. The van der Waals surface area contributed by atoms with Crippen molar-refractivity contribution in [2.75, 3.05) is 9.80 Å². The van der Waals surface area contributed by atoms with Crippen LogP contribution in [0.5, 0.6) is 0 Å². The Morgan fingerprint density at radius 2 is 0.733 bits per heavy atom. The Morgan fingerprint density at radius 3 is 1.18 bits per heavy atom. The van der Waals surface area contributed by atoms with Crippen molar-refractivity contribution >= 4 is 56.5 Å². The van der Waals surface area contributed by atoms with Gasteiger partial charge in [0, 0.05) is 34.6 Å². The number of amides is 4. The van der Waals surface area contributed by atoms with Crippen LogP contribution in [0.15, 0.2) is 182 Å². The largest absolute Gasteiger partial charge is 0.268 e. The molecule has 0 fully saturated rings. The lowest BCUT2D eigenvalue weighted by atomic mass is 9.90. The number of nitrogens with zero attached hydrogens (tertiary/aromatic N) is 4. The number of aromatic nitrogens is 2. The van der Waals surface area contributed by atoms with Gasteiger partial charge in [-0.3, -0.25) is 19.2 Å². The highest BCUT2D eigenvalue weighted by Gasteiger charge is 2.41. The van der Waals surface area contributed by atoms with Crippen molar-refractivity contribution in [1.82, 2.24) is 9.97 Å². The van der Waals surface area contributed by atoms with Crippen LogP contribution in [-0.2, 0) is 0 Å². The zero-order chi connectivity index (χ0) is 40.5. The van der Waals surface area contributed by atoms with Gasteiger partial charge in [-0.2, -0.15) is 0 Å². The van der Waals surface area contributed by atoms with Gasteiger partial charge in [0.25, 0.3) is 23.6 Å². The van der Waals surface area contributed by atoms with Gasteiger partial charge in [0.05, 0.1) is 33.6 Å². The fraction of sp³-hybridized carbons (Fsp3) is 0. The van der Waals surface area contributed by atoms with Crippen molar-refractivity contribution in [1.29, 1.82) is 0 Å². The minimum Gasteiger partial charge on any atom is -0.268 e. The summed E-state index contributed by atoms with van der Waals surface area (Å²) in [6.07, 6.45) is 3.43. The van der Waals surface area contributed by atoms with E-state index in [1.165, 1.54) is 9.80 Å². The third-order valence-electron chi connectivity index (χ3n) is 11.4. The molecular weight excluding hydrogens is 745 g/mol. The number of fused-ring (bicyclic) bond motifs is 4. The summed E-state index contributed by atoms with van der Waals surface area (Å²) in [6.45, 7) is 0. The average molecular weight is 775 g/mol. The van der Waals surface area contributed by atoms with Crippen LogP contribution in [0.2, 0.25) is 0 Å². The van der Waals surface area contributed by atoms with E-state index in [1.54, 1.807) is 48.8 Å². The zero-order valence-corrected chi connectivity index (χ0v) is 31.7. The number of anilines is 2. The third-order valence-corrected chi connectivity index (χ3v) is 11.4. The molecule has 8 aromatic carbocycles. The van der Waals surface area contributed by atoms with Crippen LogP contribution in [0.1, 0.15) is 41.4 Å². The Hall–Kier alpha value is -8.36. The topological polar surface area (TPSA) is 101 Å². The first kappa shape index (κ1) is 34.9. The molecule has 0 saturated heterocycles. The normalized spacial score (nSPS) is 13.4. The van der Waals surface area contributed by atoms with Crippen molar-refractivity contribution in [3.8, 4) is 44.8 Å². The maximum atomic E-state index is 14.1. The molecule has 1 aromatic heterocycles. The van der Waals surface area contributed by atoms with Crippen LogP contribution in [-0.4, -0.2) is 33.6 Å². The van der Waals surface area contributed by atoms with E-state index in [2.05, 4.69) is 9.97 Å². The molecule has 0 unspecified atom stereocenters. The Bertz CT molecular complexity index is 3040.